The van der Waals surface area contributed by atoms with Crippen LogP contribution in [-0.2, 0) is 0 Å². The minimum atomic E-state index is -0.0108. The first-order valence-electron chi connectivity index (χ1n) is 8.90. The van der Waals surface area contributed by atoms with Crippen molar-refractivity contribution in [2.75, 3.05) is 5.32 Å². The Balaban J connectivity index is 1.87. The van der Waals surface area contributed by atoms with E-state index in [4.69, 9.17) is 12.2 Å². The summed E-state index contributed by atoms with van der Waals surface area (Å²) in [5.41, 5.74) is 7.05. The second kappa shape index (κ2) is 8.68. The summed E-state index contributed by atoms with van der Waals surface area (Å²) in [7, 11) is 0. The van der Waals surface area contributed by atoms with Crippen molar-refractivity contribution in [2.24, 2.45) is 0 Å². The highest BCUT2D eigenvalue weighted by Crippen LogP contribution is 2.26. The highest BCUT2D eigenvalue weighted by molar-refractivity contribution is 9.10. The molecule has 0 amide bonds. The predicted molar refractivity (Wildman–Crippen MR) is 122 cm³/mol. The van der Waals surface area contributed by atoms with Gasteiger partial charge in [-0.25, -0.2) is 0 Å². The molecule has 2 N–H and O–H groups in total. The van der Waals surface area contributed by atoms with Gasteiger partial charge in [0, 0.05) is 10.2 Å². The molecule has 0 aliphatic heterocycles. The molecule has 0 radical (unpaired) electrons. The Kier molecular flexibility index (Phi) is 6.30. The van der Waals surface area contributed by atoms with Crippen LogP contribution in [-0.4, -0.2) is 5.11 Å². The van der Waals surface area contributed by atoms with Gasteiger partial charge in [-0.05, 0) is 73.4 Å². The van der Waals surface area contributed by atoms with Crippen LogP contribution in [0.2, 0.25) is 0 Å². The molecule has 138 valence electrons. The molecule has 3 aromatic rings. The van der Waals surface area contributed by atoms with E-state index in [0.717, 1.165) is 15.7 Å². The van der Waals surface area contributed by atoms with Gasteiger partial charge in [0.15, 0.2) is 5.11 Å². The second-order valence-corrected chi connectivity index (χ2v) is 8.03. The number of nitrogens with one attached hydrogen (secondary N) is 2. The zero-order chi connectivity index (χ0) is 19.4. The van der Waals surface area contributed by atoms with Crippen LogP contribution in [0.25, 0.3) is 0 Å². The third-order valence-electron chi connectivity index (χ3n) is 4.56. The van der Waals surface area contributed by atoms with Crippen molar-refractivity contribution < 1.29 is 0 Å². The monoisotopic (exact) mass is 438 g/mol. The second-order valence-electron chi connectivity index (χ2n) is 6.77. The van der Waals surface area contributed by atoms with Crippen LogP contribution in [0.3, 0.4) is 0 Å². The van der Waals surface area contributed by atoms with Gasteiger partial charge in [-0.3, -0.25) is 0 Å². The molecule has 1 unspecified atom stereocenters. The molecule has 0 saturated carbocycles. The van der Waals surface area contributed by atoms with Crippen LogP contribution in [0, 0.1) is 20.8 Å². The zero-order valence-corrected chi connectivity index (χ0v) is 18.1. The van der Waals surface area contributed by atoms with Crippen LogP contribution in [0.5, 0.6) is 0 Å². The molecule has 3 rings (SSSR count). The van der Waals surface area contributed by atoms with E-state index in [1.807, 2.05) is 18.2 Å². The first-order chi connectivity index (χ1) is 12.9. The number of hydrogen-bond acceptors (Lipinski definition) is 1. The van der Waals surface area contributed by atoms with Crippen LogP contribution in [0.1, 0.15) is 33.9 Å². The fourth-order valence-corrected chi connectivity index (χ4v) is 3.64. The van der Waals surface area contributed by atoms with E-state index in [2.05, 4.69) is 95.9 Å². The number of aryl methyl sites for hydroxylation is 3. The number of halogens is 1. The Bertz CT molecular complexity index is 954. The van der Waals surface area contributed by atoms with Crippen LogP contribution >= 0.6 is 28.1 Å². The van der Waals surface area contributed by atoms with Gasteiger partial charge in [0.1, 0.15) is 0 Å². The molecule has 0 aliphatic carbocycles. The van der Waals surface area contributed by atoms with Crippen molar-refractivity contribution in [1.29, 1.82) is 0 Å². The fourth-order valence-electron chi connectivity index (χ4n) is 3.16. The van der Waals surface area contributed by atoms with Crippen molar-refractivity contribution in [3.05, 3.63) is 99.0 Å². The SMILES string of the molecule is Cc1ccc(C(NC(=S)Nc2ccc(Br)c(C)c2)c2ccccc2)c(C)c1. The average Bonchev–Trinajstić information content (AvgIpc) is 2.64. The third-order valence-corrected chi connectivity index (χ3v) is 5.67. The zero-order valence-electron chi connectivity index (χ0n) is 15.7. The molecule has 0 saturated heterocycles. The Labute approximate surface area is 175 Å². The van der Waals surface area contributed by atoms with Gasteiger partial charge in [0.05, 0.1) is 6.04 Å². The number of rotatable bonds is 4. The van der Waals surface area contributed by atoms with Crippen LogP contribution in [0.4, 0.5) is 5.69 Å². The topological polar surface area (TPSA) is 24.1 Å². The first-order valence-corrected chi connectivity index (χ1v) is 10.1. The van der Waals surface area contributed by atoms with Crippen molar-refractivity contribution in [1.82, 2.24) is 5.32 Å². The largest absolute Gasteiger partial charge is 0.352 e. The molecule has 0 fully saturated rings. The lowest BCUT2D eigenvalue weighted by Gasteiger charge is -2.24. The predicted octanol–water partition coefficient (Wildman–Crippen LogP) is 6.45. The van der Waals surface area contributed by atoms with Crippen molar-refractivity contribution in [3.63, 3.8) is 0 Å². The number of benzene rings is 3. The van der Waals surface area contributed by atoms with Crippen molar-refractivity contribution in [3.8, 4) is 0 Å². The number of thiocarbonyl (C=S) groups is 1. The van der Waals surface area contributed by atoms with E-state index < -0.39 is 0 Å². The third kappa shape index (κ3) is 4.96. The maximum Gasteiger partial charge on any atom is 0.171 e. The van der Waals surface area contributed by atoms with E-state index in [1.54, 1.807) is 0 Å². The van der Waals surface area contributed by atoms with Crippen molar-refractivity contribution >= 4 is 38.9 Å². The summed E-state index contributed by atoms with van der Waals surface area (Å²) >= 11 is 9.16. The van der Waals surface area contributed by atoms with Crippen molar-refractivity contribution in [2.45, 2.75) is 26.8 Å². The minimum Gasteiger partial charge on any atom is -0.352 e. The summed E-state index contributed by atoms with van der Waals surface area (Å²) in [6, 6.07) is 23.0. The van der Waals surface area contributed by atoms with Gasteiger partial charge in [-0.2, -0.15) is 0 Å². The molecule has 0 aromatic heterocycles. The van der Waals surface area contributed by atoms with Crippen LogP contribution in [0.15, 0.2) is 71.2 Å². The van der Waals surface area contributed by atoms with E-state index >= 15 is 0 Å². The molecular formula is C23H23BrN2S. The van der Waals surface area contributed by atoms with Gasteiger partial charge in [0.25, 0.3) is 0 Å². The molecule has 4 heteroatoms. The molecule has 3 aromatic carbocycles. The van der Waals surface area contributed by atoms with Gasteiger partial charge in [-0.1, -0.05) is 70.0 Å². The van der Waals surface area contributed by atoms with E-state index in [9.17, 15) is 0 Å². The van der Waals surface area contributed by atoms with E-state index in [0.29, 0.717) is 5.11 Å². The molecule has 0 spiro atoms. The Morgan fingerprint density at radius 1 is 0.889 bits per heavy atom. The summed E-state index contributed by atoms with van der Waals surface area (Å²) in [6.45, 7) is 6.33. The molecule has 27 heavy (non-hydrogen) atoms. The Morgan fingerprint density at radius 2 is 1.63 bits per heavy atom. The van der Waals surface area contributed by atoms with Gasteiger partial charge in [0.2, 0.25) is 0 Å². The lowest BCUT2D eigenvalue weighted by molar-refractivity contribution is 0.762. The minimum absolute atomic E-state index is 0.0108. The van der Waals surface area contributed by atoms with Gasteiger partial charge >= 0.3 is 0 Å². The maximum absolute atomic E-state index is 5.62. The summed E-state index contributed by atoms with van der Waals surface area (Å²) < 4.78 is 1.09. The Hall–Kier alpha value is -2.17. The molecule has 0 aliphatic rings. The highest BCUT2D eigenvalue weighted by atomic mass is 79.9. The van der Waals surface area contributed by atoms with Gasteiger partial charge < -0.3 is 10.6 Å². The van der Waals surface area contributed by atoms with E-state index in [-0.39, 0.29) is 6.04 Å². The summed E-state index contributed by atoms with van der Waals surface area (Å²) in [6.07, 6.45) is 0. The molecule has 0 heterocycles. The fraction of sp³-hybridized carbons (Fsp3) is 0.174. The van der Waals surface area contributed by atoms with Crippen LogP contribution < -0.4 is 10.6 Å². The molecule has 1 atom stereocenters. The normalized spacial score (nSPS) is 11.7. The molecular weight excluding hydrogens is 416 g/mol. The number of hydrogen-bond donors (Lipinski definition) is 2. The average molecular weight is 439 g/mol. The van der Waals surface area contributed by atoms with E-state index in [1.165, 1.54) is 22.3 Å². The smallest absolute Gasteiger partial charge is 0.171 e. The summed E-state index contributed by atoms with van der Waals surface area (Å²) in [4.78, 5) is 0. The maximum atomic E-state index is 5.62. The molecule has 2 nitrogen and oxygen atoms in total. The number of anilines is 1. The first kappa shape index (κ1) is 19.6. The van der Waals surface area contributed by atoms with Gasteiger partial charge in [-0.15, -0.1) is 0 Å². The lowest BCUT2D eigenvalue weighted by Crippen LogP contribution is -2.33. The lowest BCUT2D eigenvalue weighted by atomic mass is 9.94. The standard InChI is InChI=1S/C23H23BrN2S/c1-15-9-11-20(16(2)13-15)22(18-7-5-4-6-8-18)26-23(27)25-19-10-12-21(24)17(3)14-19/h4-14,22H,1-3H3,(H2,25,26,27). The summed E-state index contributed by atoms with van der Waals surface area (Å²) in [5, 5.41) is 7.41. The Morgan fingerprint density at radius 3 is 2.30 bits per heavy atom. The quantitative estimate of drug-likeness (QED) is 0.457. The summed E-state index contributed by atoms with van der Waals surface area (Å²) in [5.74, 6) is 0. The molecule has 0 bridgehead atoms. The highest BCUT2D eigenvalue weighted by Gasteiger charge is 2.17.